The minimum atomic E-state index is -0.453. The molecule has 23 heavy (non-hydrogen) atoms. The Labute approximate surface area is 134 Å². The van der Waals surface area contributed by atoms with E-state index < -0.39 is 5.91 Å². The summed E-state index contributed by atoms with van der Waals surface area (Å²) in [5, 5.41) is 3.15. The standard InChI is InChI=1S/C18H17N3O2/c1-11-7-12(2)9-15(8-11)21-18-20-10-16(23-18)13-3-5-14(6-4-13)17(19)22/h3-10H,1-2H3,(H2,19,22)(H,20,21). The molecule has 0 fully saturated rings. The van der Waals surface area contributed by atoms with E-state index in [0.29, 0.717) is 17.3 Å². The Morgan fingerprint density at radius 2 is 1.74 bits per heavy atom. The van der Waals surface area contributed by atoms with Crippen LogP contribution in [0, 0.1) is 13.8 Å². The molecule has 5 heteroatoms. The zero-order valence-electron chi connectivity index (χ0n) is 13.0. The number of aromatic nitrogens is 1. The molecule has 3 rings (SSSR count). The summed E-state index contributed by atoms with van der Waals surface area (Å²) in [7, 11) is 0. The van der Waals surface area contributed by atoms with E-state index >= 15 is 0 Å². The van der Waals surface area contributed by atoms with Crippen LogP contribution in [0.2, 0.25) is 0 Å². The number of amides is 1. The lowest BCUT2D eigenvalue weighted by atomic mass is 10.1. The first kappa shape index (κ1) is 14.8. The molecule has 0 bridgehead atoms. The highest BCUT2D eigenvalue weighted by molar-refractivity contribution is 5.93. The van der Waals surface area contributed by atoms with Gasteiger partial charge in [-0.15, -0.1) is 0 Å². The largest absolute Gasteiger partial charge is 0.423 e. The molecular weight excluding hydrogens is 290 g/mol. The molecule has 5 nitrogen and oxygen atoms in total. The third-order valence-electron chi connectivity index (χ3n) is 3.43. The lowest BCUT2D eigenvalue weighted by Gasteiger charge is -2.05. The normalized spacial score (nSPS) is 10.5. The number of hydrogen-bond acceptors (Lipinski definition) is 4. The van der Waals surface area contributed by atoms with Crippen molar-refractivity contribution in [2.75, 3.05) is 5.32 Å². The summed E-state index contributed by atoms with van der Waals surface area (Å²) < 4.78 is 5.72. The van der Waals surface area contributed by atoms with Crippen LogP contribution in [0.1, 0.15) is 21.5 Å². The van der Waals surface area contributed by atoms with Crippen molar-refractivity contribution in [1.29, 1.82) is 0 Å². The van der Waals surface area contributed by atoms with Crippen LogP contribution in [0.3, 0.4) is 0 Å². The summed E-state index contributed by atoms with van der Waals surface area (Å²) in [5.74, 6) is 0.166. The first-order valence-corrected chi connectivity index (χ1v) is 7.22. The molecule has 0 saturated carbocycles. The van der Waals surface area contributed by atoms with E-state index in [2.05, 4.69) is 16.4 Å². The third-order valence-corrected chi connectivity index (χ3v) is 3.43. The molecule has 3 aromatic rings. The molecule has 0 aliphatic carbocycles. The second kappa shape index (κ2) is 5.96. The smallest absolute Gasteiger partial charge is 0.299 e. The Balaban J connectivity index is 1.81. The average Bonchev–Trinajstić information content (AvgIpc) is 2.94. The zero-order chi connectivity index (χ0) is 16.4. The van der Waals surface area contributed by atoms with Gasteiger partial charge in [-0.25, -0.2) is 4.98 Å². The molecule has 0 radical (unpaired) electrons. The number of nitrogens with two attached hydrogens (primary N) is 1. The van der Waals surface area contributed by atoms with Gasteiger partial charge in [-0.05, 0) is 49.2 Å². The van der Waals surface area contributed by atoms with Gasteiger partial charge in [-0.2, -0.15) is 0 Å². The maximum atomic E-state index is 11.1. The Morgan fingerprint density at radius 1 is 1.09 bits per heavy atom. The minimum absolute atomic E-state index is 0.420. The molecule has 0 aliphatic heterocycles. The number of oxazole rings is 1. The number of nitrogens with zero attached hydrogens (tertiary/aromatic N) is 1. The maximum absolute atomic E-state index is 11.1. The summed E-state index contributed by atoms with van der Waals surface area (Å²) in [5.41, 5.74) is 9.79. The van der Waals surface area contributed by atoms with Crippen molar-refractivity contribution in [3.63, 3.8) is 0 Å². The van der Waals surface area contributed by atoms with Crippen LogP contribution in [0.5, 0.6) is 0 Å². The number of carbonyl (C=O) groups is 1. The number of primary amides is 1. The van der Waals surface area contributed by atoms with Crippen molar-refractivity contribution < 1.29 is 9.21 Å². The van der Waals surface area contributed by atoms with Crippen molar-refractivity contribution in [2.24, 2.45) is 5.73 Å². The molecule has 1 heterocycles. The monoisotopic (exact) mass is 307 g/mol. The molecule has 1 amide bonds. The number of carbonyl (C=O) groups excluding carboxylic acids is 1. The molecule has 0 aliphatic rings. The number of anilines is 2. The highest BCUT2D eigenvalue weighted by Gasteiger charge is 2.08. The van der Waals surface area contributed by atoms with Crippen molar-refractivity contribution in [1.82, 2.24) is 4.98 Å². The van der Waals surface area contributed by atoms with Crippen LogP contribution in [0.4, 0.5) is 11.7 Å². The van der Waals surface area contributed by atoms with Gasteiger partial charge in [0.1, 0.15) is 0 Å². The summed E-state index contributed by atoms with van der Waals surface area (Å²) in [4.78, 5) is 15.3. The van der Waals surface area contributed by atoms with E-state index in [1.165, 1.54) is 11.1 Å². The summed E-state index contributed by atoms with van der Waals surface area (Å²) in [6, 6.07) is 13.5. The van der Waals surface area contributed by atoms with E-state index in [1.54, 1.807) is 30.5 Å². The molecule has 0 atom stereocenters. The van der Waals surface area contributed by atoms with Crippen molar-refractivity contribution in [2.45, 2.75) is 13.8 Å². The van der Waals surface area contributed by atoms with Gasteiger partial charge in [0.2, 0.25) is 5.91 Å². The maximum Gasteiger partial charge on any atom is 0.299 e. The van der Waals surface area contributed by atoms with Gasteiger partial charge >= 0.3 is 0 Å². The highest BCUT2D eigenvalue weighted by Crippen LogP contribution is 2.25. The van der Waals surface area contributed by atoms with Crippen molar-refractivity contribution in [3.8, 4) is 11.3 Å². The molecule has 116 valence electrons. The predicted molar refractivity (Wildman–Crippen MR) is 89.7 cm³/mol. The van der Waals surface area contributed by atoms with Crippen LogP contribution in [0.25, 0.3) is 11.3 Å². The topological polar surface area (TPSA) is 81.1 Å². The van der Waals surface area contributed by atoms with Crippen molar-refractivity contribution in [3.05, 3.63) is 65.4 Å². The van der Waals surface area contributed by atoms with E-state index in [4.69, 9.17) is 10.2 Å². The number of rotatable bonds is 4. The molecule has 0 saturated heterocycles. The van der Waals surface area contributed by atoms with E-state index in [1.807, 2.05) is 26.0 Å². The van der Waals surface area contributed by atoms with E-state index in [0.717, 1.165) is 11.3 Å². The SMILES string of the molecule is Cc1cc(C)cc(Nc2ncc(-c3ccc(C(N)=O)cc3)o2)c1. The molecule has 1 aromatic heterocycles. The number of hydrogen-bond donors (Lipinski definition) is 2. The Bertz CT molecular complexity index is 831. The van der Waals surface area contributed by atoms with Crippen LogP contribution in [-0.2, 0) is 0 Å². The lowest BCUT2D eigenvalue weighted by molar-refractivity contribution is 0.100. The minimum Gasteiger partial charge on any atom is -0.423 e. The molecule has 0 unspecified atom stereocenters. The van der Waals surface area contributed by atoms with Gasteiger partial charge in [0.15, 0.2) is 5.76 Å². The summed E-state index contributed by atoms with van der Waals surface area (Å²) in [6.45, 7) is 4.08. The predicted octanol–water partition coefficient (Wildman–Crippen LogP) is 3.80. The Morgan fingerprint density at radius 3 is 2.35 bits per heavy atom. The van der Waals surface area contributed by atoms with Crippen LogP contribution in [0.15, 0.2) is 53.1 Å². The summed E-state index contributed by atoms with van der Waals surface area (Å²) in [6.07, 6.45) is 1.64. The molecular formula is C18H17N3O2. The van der Waals surface area contributed by atoms with Gasteiger partial charge in [-0.1, -0.05) is 18.2 Å². The first-order chi connectivity index (χ1) is 11.0. The van der Waals surface area contributed by atoms with Gasteiger partial charge < -0.3 is 15.5 Å². The van der Waals surface area contributed by atoms with Gasteiger partial charge in [0.25, 0.3) is 6.01 Å². The van der Waals surface area contributed by atoms with E-state index in [9.17, 15) is 4.79 Å². The fraction of sp³-hybridized carbons (Fsp3) is 0.111. The summed E-state index contributed by atoms with van der Waals surface area (Å²) >= 11 is 0. The number of benzene rings is 2. The van der Waals surface area contributed by atoms with Gasteiger partial charge in [0.05, 0.1) is 6.20 Å². The Kier molecular flexibility index (Phi) is 3.85. The number of aryl methyl sites for hydroxylation is 2. The van der Waals surface area contributed by atoms with Crippen molar-refractivity contribution >= 4 is 17.6 Å². The van der Waals surface area contributed by atoms with Gasteiger partial charge in [-0.3, -0.25) is 4.79 Å². The Hall–Kier alpha value is -3.08. The lowest BCUT2D eigenvalue weighted by Crippen LogP contribution is -2.10. The third kappa shape index (κ3) is 3.40. The van der Waals surface area contributed by atoms with E-state index in [-0.39, 0.29) is 0 Å². The number of nitrogens with one attached hydrogen (secondary N) is 1. The van der Waals surface area contributed by atoms with Crippen LogP contribution in [-0.4, -0.2) is 10.9 Å². The second-order valence-electron chi connectivity index (χ2n) is 5.47. The first-order valence-electron chi connectivity index (χ1n) is 7.22. The van der Waals surface area contributed by atoms with Gasteiger partial charge in [0, 0.05) is 16.8 Å². The zero-order valence-corrected chi connectivity index (χ0v) is 13.0. The molecule has 3 N–H and O–H groups in total. The molecule has 0 spiro atoms. The quantitative estimate of drug-likeness (QED) is 0.768. The fourth-order valence-corrected chi connectivity index (χ4v) is 2.43. The van der Waals surface area contributed by atoms with Crippen LogP contribution < -0.4 is 11.1 Å². The second-order valence-corrected chi connectivity index (χ2v) is 5.47. The van der Waals surface area contributed by atoms with Crippen LogP contribution >= 0.6 is 0 Å². The fourth-order valence-electron chi connectivity index (χ4n) is 2.43. The average molecular weight is 307 g/mol. The molecule has 2 aromatic carbocycles. The highest BCUT2D eigenvalue weighted by atomic mass is 16.4.